The Bertz CT molecular complexity index is 1040. The number of carbonyl (C=O) groups is 2. The van der Waals surface area contributed by atoms with Crippen LogP contribution in [0.3, 0.4) is 0 Å². The fourth-order valence-corrected chi connectivity index (χ4v) is 3.20. The molecule has 0 bridgehead atoms. The Hall–Kier alpha value is -3.80. The summed E-state index contributed by atoms with van der Waals surface area (Å²) in [4.78, 5) is 27.2. The van der Waals surface area contributed by atoms with Gasteiger partial charge in [-0.2, -0.15) is 0 Å². The average Bonchev–Trinajstić information content (AvgIpc) is 2.82. The molecular formula is C25H26N2O4. The summed E-state index contributed by atoms with van der Waals surface area (Å²) in [7, 11) is 4.84. The van der Waals surface area contributed by atoms with Crippen LogP contribution in [0.2, 0.25) is 0 Å². The molecule has 0 spiro atoms. The molecule has 0 saturated carbocycles. The van der Waals surface area contributed by atoms with Gasteiger partial charge in [-0.3, -0.25) is 9.59 Å². The molecule has 0 radical (unpaired) electrons. The van der Waals surface area contributed by atoms with Gasteiger partial charge in [0, 0.05) is 29.9 Å². The van der Waals surface area contributed by atoms with E-state index in [-0.39, 0.29) is 17.9 Å². The van der Waals surface area contributed by atoms with E-state index in [4.69, 9.17) is 9.47 Å². The zero-order valence-electron chi connectivity index (χ0n) is 18.1. The maximum Gasteiger partial charge on any atom is 0.255 e. The van der Waals surface area contributed by atoms with E-state index in [0.29, 0.717) is 28.3 Å². The molecule has 1 unspecified atom stereocenters. The first-order chi connectivity index (χ1) is 14.9. The van der Waals surface area contributed by atoms with Gasteiger partial charge in [-0.15, -0.1) is 0 Å². The molecule has 3 aromatic rings. The van der Waals surface area contributed by atoms with Crippen molar-refractivity contribution in [1.29, 1.82) is 0 Å². The Morgan fingerprint density at radius 1 is 0.839 bits per heavy atom. The Morgan fingerprint density at radius 2 is 1.48 bits per heavy atom. The number of hydrogen-bond acceptors (Lipinski definition) is 4. The SMILES string of the molecule is COc1cc(OC)cc(C(=O)N(C)C(C)c2cccc(NC(=O)c3ccccc3)c2)c1. The number of nitrogens with zero attached hydrogens (tertiary/aromatic N) is 1. The molecular weight excluding hydrogens is 392 g/mol. The van der Waals surface area contributed by atoms with Crippen LogP contribution in [0.5, 0.6) is 11.5 Å². The molecule has 0 aliphatic rings. The van der Waals surface area contributed by atoms with Gasteiger partial charge < -0.3 is 19.7 Å². The second-order valence-electron chi connectivity index (χ2n) is 7.14. The number of ether oxygens (including phenoxy) is 2. The molecule has 6 nitrogen and oxygen atoms in total. The first-order valence-corrected chi connectivity index (χ1v) is 9.89. The van der Waals surface area contributed by atoms with Crippen LogP contribution in [-0.4, -0.2) is 38.0 Å². The number of hydrogen-bond donors (Lipinski definition) is 1. The molecule has 31 heavy (non-hydrogen) atoms. The Morgan fingerprint density at radius 3 is 2.10 bits per heavy atom. The second-order valence-corrected chi connectivity index (χ2v) is 7.14. The molecule has 2 amide bonds. The van der Waals surface area contributed by atoms with Gasteiger partial charge in [-0.1, -0.05) is 30.3 Å². The third-order valence-electron chi connectivity index (χ3n) is 5.16. The number of anilines is 1. The average molecular weight is 418 g/mol. The zero-order chi connectivity index (χ0) is 22.4. The zero-order valence-corrected chi connectivity index (χ0v) is 18.1. The number of methoxy groups -OCH3 is 2. The van der Waals surface area contributed by atoms with Crippen LogP contribution in [0.1, 0.15) is 39.2 Å². The van der Waals surface area contributed by atoms with E-state index in [1.54, 1.807) is 56.5 Å². The summed E-state index contributed by atoms with van der Waals surface area (Å²) < 4.78 is 10.5. The smallest absolute Gasteiger partial charge is 0.255 e. The highest BCUT2D eigenvalue weighted by molar-refractivity contribution is 6.04. The maximum absolute atomic E-state index is 13.1. The van der Waals surface area contributed by atoms with Crippen molar-refractivity contribution >= 4 is 17.5 Å². The fraction of sp³-hybridized carbons (Fsp3) is 0.200. The van der Waals surface area contributed by atoms with E-state index in [0.717, 1.165) is 5.56 Å². The van der Waals surface area contributed by atoms with Gasteiger partial charge in [0.05, 0.1) is 20.3 Å². The van der Waals surface area contributed by atoms with Crippen LogP contribution < -0.4 is 14.8 Å². The Balaban J connectivity index is 1.78. The predicted octanol–water partition coefficient (Wildman–Crippen LogP) is 4.79. The standard InChI is InChI=1S/C25H26N2O4/c1-17(27(2)25(29)20-14-22(30-3)16-23(15-20)31-4)19-11-8-12-21(13-19)26-24(28)18-9-6-5-7-10-18/h5-17H,1-4H3,(H,26,28). The van der Waals surface area contributed by atoms with Gasteiger partial charge in [-0.05, 0) is 48.9 Å². The molecule has 0 aromatic heterocycles. The lowest BCUT2D eigenvalue weighted by Gasteiger charge is -2.26. The summed E-state index contributed by atoms with van der Waals surface area (Å²) in [5.41, 5.74) is 2.62. The van der Waals surface area contributed by atoms with E-state index in [9.17, 15) is 9.59 Å². The molecule has 6 heteroatoms. The Labute approximate surface area is 182 Å². The first kappa shape index (κ1) is 21.9. The van der Waals surface area contributed by atoms with Gasteiger partial charge in [0.15, 0.2) is 0 Å². The minimum atomic E-state index is -0.224. The number of nitrogens with one attached hydrogen (secondary N) is 1. The van der Waals surface area contributed by atoms with Crippen molar-refractivity contribution < 1.29 is 19.1 Å². The van der Waals surface area contributed by atoms with Crippen LogP contribution in [-0.2, 0) is 0 Å². The topological polar surface area (TPSA) is 67.9 Å². The highest BCUT2D eigenvalue weighted by Gasteiger charge is 2.21. The summed E-state index contributed by atoms with van der Waals surface area (Å²) >= 11 is 0. The molecule has 0 heterocycles. The van der Waals surface area contributed by atoms with E-state index in [2.05, 4.69) is 5.32 Å². The monoisotopic (exact) mass is 418 g/mol. The van der Waals surface area contributed by atoms with Gasteiger partial charge in [-0.25, -0.2) is 0 Å². The minimum Gasteiger partial charge on any atom is -0.497 e. The van der Waals surface area contributed by atoms with E-state index < -0.39 is 0 Å². The molecule has 0 saturated heterocycles. The lowest BCUT2D eigenvalue weighted by molar-refractivity contribution is 0.0741. The summed E-state index contributed by atoms with van der Waals surface area (Å²) in [6, 6.07) is 21.4. The molecule has 1 atom stereocenters. The molecule has 0 aliphatic heterocycles. The number of amides is 2. The highest BCUT2D eigenvalue weighted by Crippen LogP contribution is 2.27. The molecule has 3 aromatic carbocycles. The number of rotatable bonds is 7. The van der Waals surface area contributed by atoms with Crippen molar-refractivity contribution in [2.45, 2.75) is 13.0 Å². The van der Waals surface area contributed by atoms with Crippen LogP contribution >= 0.6 is 0 Å². The predicted molar refractivity (Wildman–Crippen MR) is 121 cm³/mol. The lowest BCUT2D eigenvalue weighted by atomic mass is 10.0. The first-order valence-electron chi connectivity index (χ1n) is 9.89. The molecule has 0 aliphatic carbocycles. The molecule has 1 N–H and O–H groups in total. The van der Waals surface area contributed by atoms with Crippen LogP contribution in [0.4, 0.5) is 5.69 Å². The number of benzene rings is 3. The normalized spacial score (nSPS) is 11.4. The van der Waals surface area contributed by atoms with Crippen molar-refractivity contribution in [1.82, 2.24) is 4.90 Å². The van der Waals surface area contributed by atoms with E-state index >= 15 is 0 Å². The van der Waals surface area contributed by atoms with E-state index in [1.807, 2.05) is 49.4 Å². The highest BCUT2D eigenvalue weighted by atomic mass is 16.5. The van der Waals surface area contributed by atoms with Crippen molar-refractivity contribution in [2.24, 2.45) is 0 Å². The molecule has 3 rings (SSSR count). The van der Waals surface area contributed by atoms with Gasteiger partial charge >= 0.3 is 0 Å². The van der Waals surface area contributed by atoms with Crippen molar-refractivity contribution in [3.63, 3.8) is 0 Å². The summed E-state index contributed by atoms with van der Waals surface area (Å²) in [6.45, 7) is 1.94. The number of carbonyl (C=O) groups excluding carboxylic acids is 2. The molecule has 0 fully saturated rings. The van der Waals surface area contributed by atoms with Gasteiger partial charge in [0.25, 0.3) is 11.8 Å². The lowest BCUT2D eigenvalue weighted by Crippen LogP contribution is -2.29. The van der Waals surface area contributed by atoms with Crippen molar-refractivity contribution in [3.8, 4) is 11.5 Å². The van der Waals surface area contributed by atoms with E-state index in [1.165, 1.54) is 0 Å². The van der Waals surface area contributed by atoms with Crippen molar-refractivity contribution in [3.05, 3.63) is 89.5 Å². The fourth-order valence-electron chi connectivity index (χ4n) is 3.20. The van der Waals surface area contributed by atoms with Gasteiger partial charge in [0.1, 0.15) is 11.5 Å². The minimum absolute atomic E-state index is 0.163. The third-order valence-corrected chi connectivity index (χ3v) is 5.16. The molecule has 160 valence electrons. The summed E-state index contributed by atoms with van der Waals surface area (Å²) in [5, 5.41) is 2.91. The van der Waals surface area contributed by atoms with Crippen LogP contribution in [0, 0.1) is 0 Å². The van der Waals surface area contributed by atoms with Crippen LogP contribution in [0.15, 0.2) is 72.8 Å². The van der Waals surface area contributed by atoms with Crippen molar-refractivity contribution in [2.75, 3.05) is 26.6 Å². The third kappa shape index (κ3) is 5.22. The maximum atomic E-state index is 13.1. The van der Waals surface area contributed by atoms with Crippen LogP contribution in [0.25, 0.3) is 0 Å². The summed E-state index contributed by atoms with van der Waals surface area (Å²) in [6.07, 6.45) is 0. The Kier molecular flexibility index (Phi) is 6.92. The van der Waals surface area contributed by atoms with Gasteiger partial charge in [0.2, 0.25) is 0 Å². The largest absolute Gasteiger partial charge is 0.497 e. The summed E-state index contributed by atoms with van der Waals surface area (Å²) in [5.74, 6) is 0.755. The second kappa shape index (κ2) is 9.80. The quantitative estimate of drug-likeness (QED) is 0.599.